The zero-order valence-corrected chi connectivity index (χ0v) is 10.8. The van der Waals surface area contributed by atoms with E-state index in [1.54, 1.807) is 6.07 Å². The van der Waals surface area contributed by atoms with Crippen LogP contribution in [-0.4, -0.2) is 5.11 Å². The average molecular weight is 260 g/mol. The van der Waals surface area contributed by atoms with Crippen molar-refractivity contribution in [3.05, 3.63) is 65.5 Å². The van der Waals surface area contributed by atoms with Crippen molar-refractivity contribution >= 4 is 0 Å². The summed E-state index contributed by atoms with van der Waals surface area (Å²) >= 11 is 0. The Morgan fingerprint density at radius 3 is 2.53 bits per heavy atom. The van der Waals surface area contributed by atoms with E-state index >= 15 is 0 Å². The lowest BCUT2D eigenvalue weighted by Crippen LogP contribution is -1.97. The monoisotopic (exact) mass is 260 g/mol. The molecule has 2 rings (SSSR count). The summed E-state index contributed by atoms with van der Waals surface area (Å²) in [5.41, 5.74) is 1.67. The topological polar surface area (TPSA) is 29.5 Å². The van der Waals surface area contributed by atoms with Gasteiger partial charge in [-0.3, -0.25) is 0 Å². The Labute approximate surface area is 112 Å². The van der Waals surface area contributed by atoms with E-state index in [9.17, 15) is 9.50 Å². The predicted octanol–water partition coefficient (Wildman–Crippen LogP) is 3.85. The number of ether oxygens (including phenoxy) is 1. The van der Waals surface area contributed by atoms with Gasteiger partial charge in [0.25, 0.3) is 0 Å². The van der Waals surface area contributed by atoms with Gasteiger partial charge in [-0.25, -0.2) is 4.39 Å². The first-order chi connectivity index (χ1) is 9.19. The Hall–Kier alpha value is -1.87. The molecule has 0 aromatic heterocycles. The fourth-order valence-corrected chi connectivity index (χ4v) is 1.82. The number of benzene rings is 2. The third-order valence-electron chi connectivity index (χ3n) is 2.95. The maximum Gasteiger partial charge on any atom is 0.123 e. The van der Waals surface area contributed by atoms with E-state index in [2.05, 4.69) is 0 Å². The fraction of sp³-hybridized carbons (Fsp3) is 0.250. The van der Waals surface area contributed by atoms with Crippen molar-refractivity contribution in [1.82, 2.24) is 0 Å². The first kappa shape index (κ1) is 13.6. The summed E-state index contributed by atoms with van der Waals surface area (Å²) in [4.78, 5) is 0. The Morgan fingerprint density at radius 1 is 1.16 bits per heavy atom. The summed E-state index contributed by atoms with van der Waals surface area (Å²) in [6.07, 6.45) is 0.251. The third kappa shape index (κ3) is 3.80. The van der Waals surface area contributed by atoms with Crippen molar-refractivity contribution in [2.24, 2.45) is 0 Å². The fourth-order valence-electron chi connectivity index (χ4n) is 1.82. The van der Waals surface area contributed by atoms with Crippen molar-refractivity contribution in [1.29, 1.82) is 0 Å². The Kier molecular flexibility index (Phi) is 4.53. The van der Waals surface area contributed by atoms with Crippen LogP contribution in [0.25, 0.3) is 0 Å². The molecule has 19 heavy (non-hydrogen) atoms. The molecule has 0 saturated heterocycles. The van der Waals surface area contributed by atoms with Crippen LogP contribution in [0.2, 0.25) is 0 Å². The van der Waals surface area contributed by atoms with Crippen LogP contribution in [0.5, 0.6) is 5.75 Å². The molecule has 0 heterocycles. The molecule has 1 atom stereocenters. The number of hydrogen-bond acceptors (Lipinski definition) is 2. The van der Waals surface area contributed by atoms with Crippen LogP contribution in [0.3, 0.4) is 0 Å². The highest BCUT2D eigenvalue weighted by Crippen LogP contribution is 2.20. The largest absolute Gasteiger partial charge is 0.489 e. The molecular weight excluding hydrogens is 243 g/mol. The van der Waals surface area contributed by atoms with Crippen molar-refractivity contribution in [3.63, 3.8) is 0 Å². The third-order valence-corrected chi connectivity index (χ3v) is 2.95. The summed E-state index contributed by atoms with van der Waals surface area (Å²) < 4.78 is 18.6. The normalized spacial score (nSPS) is 12.2. The van der Waals surface area contributed by atoms with Crippen LogP contribution in [0.4, 0.5) is 4.39 Å². The Balaban J connectivity index is 1.96. The van der Waals surface area contributed by atoms with Crippen LogP contribution in [0, 0.1) is 5.82 Å². The van der Waals surface area contributed by atoms with E-state index < -0.39 is 6.10 Å². The molecule has 1 N–H and O–H groups in total. The van der Waals surface area contributed by atoms with E-state index in [0.29, 0.717) is 18.8 Å². The van der Waals surface area contributed by atoms with E-state index in [0.717, 1.165) is 11.1 Å². The van der Waals surface area contributed by atoms with Crippen LogP contribution < -0.4 is 4.74 Å². The van der Waals surface area contributed by atoms with Gasteiger partial charge in [0, 0.05) is 0 Å². The maximum atomic E-state index is 13.0. The molecule has 0 fully saturated rings. The first-order valence-corrected chi connectivity index (χ1v) is 6.34. The summed E-state index contributed by atoms with van der Waals surface area (Å²) in [7, 11) is 0. The molecule has 0 bridgehead atoms. The lowest BCUT2D eigenvalue weighted by atomic mass is 10.1. The summed E-state index contributed by atoms with van der Waals surface area (Å²) in [6, 6.07) is 13.7. The zero-order valence-electron chi connectivity index (χ0n) is 10.8. The summed E-state index contributed by atoms with van der Waals surface area (Å²) in [5, 5.41) is 9.68. The average Bonchev–Trinajstić information content (AvgIpc) is 2.45. The number of aliphatic hydroxyl groups excluding tert-OH is 1. The molecular formula is C16H17FO2. The zero-order chi connectivity index (χ0) is 13.7. The number of aliphatic hydroxyl groups is 1. The molecule has 0 saturated carbocycles. The van der Waals surface area contributed by atoms with Crippen molar-refractivity contribution in [2.75, 3.05) is 0 Å². The van der Waals surface area contributed by atoms with Crippen LogP contribution >= 0.6 is 0 Å². The maximum absolute atomic E-state index is 13.0. The van der Waals surface area contributed by atoms with Gasteiger partial charge in [-0.15, -0.1) is 0 Å². The lowest BCUT2D eigenvalue weighted by Gasteiger charge is -2.10. The summed E-state index contributed by atoms with van der Waals surface area (Å²) in [6.45, 7) is 2.26. The highest BCUT2D eigenvalue weighted by molar-refractivity contribution is 5.29. The van der Waals surface area contributed by atoms with Gasteiger partial charge >= 0.3 is 0 Å². The SMILES string of the molecule is CC[C@@H](O)c1ccc(OCc2cccc(F)c2)cc1. The quantitative estimate of drug-likeness (QED) is 0.884. The molecule has 0 aliphatic carbocycles. The Morgan fingerprint density at radius 2 is 1.89 bits per heavy atom. The molecule has 2 aromatic rings. The van der Waals surface area contributed by atoms with Gasteiger partial charge in [-0.1, -0.05) is 31.2 Å². The van der Waals surface area contributed by atoms with E-state index in [1.165, 1.54) is 12.1 Å². The standard InChI is InChI=1S/C16H17FO2/c1-2-16(18)13-6-8-15(9-7-13)19-11-12-4-3-5-14(17)10-12/h3-10,16,18H,2,11H2,1H3/t16-/m1/s1. The van der Waals surface area contributed by atoms with Gasteiger partial charge in [0.15, 0.2) is 0 Å². The molecule has 100 valence electrons. The minimum absolute atomic E-state index is 0.262. The van der Waals surface area contributed by atoms with E-state index in [-0.39, 0.29) is 5.82 Å². The molecule has 2 nitrogen and oxygen atoms in total. The number of rotatable bonds is 5. The molecule has 3 heteroatoms. The lowest BCUT2D eigenvalue weighted by molar-refractivity contribution is 0.173. The number of halogens is 1. The molecule has 2 aromatic carbocycles. The van der Waals surface area contributed by atoms with Gasteiger partial charge in [0.2, 0.25) is 0 Å². The van der Waals surface area contributed by atoms with Gasteiger partial charge < -0.3 is 9.84 Å². The van der Waals surface area contributed by atoms with Crippen LogP contribution in [0.1, 0.15) is 30.6 Å². The first-order valence-electron chi connectivity index (χ1n) is 6.34. The van der Waals surface area contributed by atoms with E-state index in [4.69, 9.17) is 4.74 Å². The molecule has 0 aliphatic heterocycles. The molecule has 0 amide bonds. The second-order valence-electron chi connectivity index (χ2n) is 4.41. The minimum Gasteiger partial charge on any atom is -0.489 e. The highest BCUT2D eigenvalue weighted by Gasteiger charge is 2.04. The van der Waals surface area contributed by atoms with Gasteiger partial charge in [0.1, 0.15) is 18.2 Å². The number of hydrogen-bond donors (Lipinski definition) is 1. The van der Waals surface area contributed by atoms with Gasteiger partial charge in [-0.2, -0.15) is 0 Å². The van der Waals surface area contributed by atoms with E-state index in [1.807, 2.05) is 37.3 Å². The minimum atomic E-state index is -0.433. The molecule has 0 radical (unpaired) electrons. The molecule has 0 spiro atoms. The predicted molar refractivity (Wildman–Crippen MR) is 72.4 cm³/mol. The van der Waals surface area contributed by atoms with Gasteiger partial charge in [0.05, 0.1) is 6.10 Å². The second-order valence-corrected chi connectivity index (χ2v) is 4.41. The Bertz CT molecular complexity index is 523. The molecule has 0 unspecified atom stereocenters. The van der Waals surface area contributed by atoms with Crippen LogP contribution in [-0.2, 0) is 6.61 Å². The second kappa shape index (κ2) is 6.34. The van der Waals surface area contributed by atoms with Crippen molar-refractivity contribution in [2.45, 2.75) is 26.1 Å². The van der Waals surface area contributed by atoms with Crippen LogP contribution in [0.15, 0.2) is 48.5 Å². The van der Waals surface area contributed by atoms with Crippen molar-refractivity contribution in [3.8, 4) is 5.75 Å². The van der Waals surface area contributed by atoms with Crippen molar-refractivity contribution < 1.29 is 14.2 Å². The van der Waals surface area contributed by atoms with Gasteiger partial charge in [-0.05, 0) is 41.8 Å². The molecule has 0 aliphatic rings. The smallest absolute Gasteiger partial charge is 0.123 e. The summed E-state index contributed by atoms with van der Waals surface area (Å²) in [5.74, 6) is 0.443. The highest BCUT2D eigenvalue weighted by atomic mass is 19.1.